The van der Waals surface area contributed by atoms with Crippen LogP contribution in [0.3, 0.4) is 0 Å². The lowest BCUT2D eigenvalue weighted by atomic mass is 10.2. The fraction of sp³-hybridized carbons (Fsp3) is 0.0833. The average Bonchev–Trinajstić information content (AvgIpc) is 3.10. The molecule has 0 bridgehead atoms. The number of carbonyl (C=O) groups excluding carboxylic acids is 1. The number of nitrogens with one attached hydrogen (secondary N) is 1. The molecule has 1 aliphatic rings. The van der Waals surface area contributed by atoms with Gasteiger partial charge in [-0.25, -0.2) is 9.38 Å². The number of rotatable bonds is 5. The number of amidine groups is 1. The molecule has 0 spiro atoms. The highest BCUT2D eigenvalue weighted by atomic mass is 35.5. The fourth-order valence-corrected chi connectivity index (χ4v) is 3.93. The van der Waals surface area contributed by atoms with E-state index < -0.39 is 0 Å². The van der Waals surface area contributed by atoms with Crippen LogP contribution in [-0.4, -0.2) is 11.1 Å². The van der Waals surface area contributed by atoms with Gasteiger partial charge in [-0.2, -0.15) is 0 Å². The number of benzene rings is 3. The van der Waals surface area contributed by atoms with Crippen LogP contribution < -0.4 is 10.1 Å². The first kappa shape index (κ1) is 21.2. The van der Waals surface area contributed by atoms with E-state index in [1.54, 1.807) is 42.5 Å². The Hall–Kier alpha value is -3.09. The summed E-state index contributed by atoms with van der Waals surface area (Å²) in [5, 5.41) is 3.89. The van der Waals surface area contributed by atoms with Gasteiger partial charge in [0.25, 0.3) is 5.91 Å². The second-order valence-electron chi connectivity index (χ2n) is 6.82. The highest BCUT2D eigenvalue weighted by molar-refractivity contribution is 8.18. The number of nitrogens with zero attached hydrogens (tertiary/aromatic N) is 1. The maximum absolute atomic E-state index is 13.8. The molecule has 1 saturated heterocycles. The molecular formula is C24H18ClFN2O2S. The van der Waals surface area contributed by atoms with Crippen molar-refractivity contribution >= 4 is 46.2 Å². The summed E-state index contributed by atoms with van der Waals surface area (Å²) in [6.45, 7) is 2.00. The van der Waals surface area contributed by atoms with Crippen LogP contribution in [0.25, 0.3) is 6.08 Å². The Morgan fingerprint density at radius 1 is 1.13 bits per heavy atom. The first-order valence-corrected chi connectivity index (χ1v) is 10.7. The highest BCUT2D eigenvalue weighted by Gasteiger charge is 2.24. The highest BCUT2D eigenvalue weighted by Crippen LogP contribution is 2.31. The van der Waals surface area contributed by atoms with E-state index in [1.807, 2.05) is 31.2 Å². The number of carbonyl (C=O) groups is 1. The van der Waals surface area contributed by atoms with Crippen LogP contribution in [0.2, 0.25) is 5.02 Å². The third-order valence-corrected chi connectivity index (χ3v) is 5.94. The summed E-state index contributed by atoms with van der Waals surface area (Å²) in [6, 6.07) is 19.2. The minimum atomic E-state index is -0.304. The van der Waals surface area contributed by atoms with E-state index in [1.165, 1.54) is 17.8 Å². The van der Waals surface area contributed by atoms with Gasteiger partial charge in [-0.05, 0) is 66.2 Å². The summed E-state index contributed by atoms with van der Waals surface area (Å²) in [4.78, 5) is 17.4. The molecule has 3 aromatic carbocycles. The summed E-state index contributed by atoms with van der Waals surface area (Å²) in [5.41, 5.74) is 2.83. The third kappa shape index (κ3) is 5.16. The quantitative estimate of drug-likeness (QED) is 0.465. The van der Waals surface area contributed by atoms with Crippen molar-refractivity contribution in [2.24, 2.45) is 4.99 Å². The van der Waals surface area contributed by atoms with Crippen molar-refractivity contribution in [1.82, 2.24) is 5.32 Å². The van der Waals surface area contributed by atoms with Crippen molar-refractivity contribution in [2.45, 2.75) is 13.5 Å². The Balaban J connectivity index is 1.49. The van der Waals surface area contributed by atoms with E-state index in [0.717, 1.165) is 11.1 Å². The number of amides is 1. The van der Waals surface area contributed by atoms with E-state index in [9.17, 15) is 9.18 Å². The minimum absolute atomic E-state index is 0.123. The van der Waals surface area contributed by atoms with Gasteiger partial charge in [0.2, 0.25) is 0 Å². The number of hydrogen-bond acceptors (Lipinski definition) is 4. The summed E-state index contributed by atoms with van der Waals surface area (Å²) >= 11 is 7.40. The number of aliphatic imine (C=N–C) groups is 1. The van der Waals surface area contributed by atoms with Crippen LogP contribution >= 0.6 is 23.4 Å². The van der Waals surface area contributed by atoms with Crippen LogP contribution in [0.4, 0.5) is 10.1 Å². The molecule has 1 amide bonds. The second-order valence-corrected chi connectivity index (χ2v) is 8.26. The molecule has 1 aliphatic heterocycles. The van der Waals surface area contributed by atoms with Crippen molar-refractivity contribution < 1.29 is 13.9 Å². The normalized spacial score (nSPS) is 16.0. The van der Waals surface area contributed by atoms with E-state index in [0.29, 0.717) is 32.1 Å². The van der Waals surface area contributed by atoms with Gasteiger partial charge in [0.1, 0.15) is 18.2 Å². The van der Waals surface area contributed by atoms with E-state index in [4.69, 9.17) is 16.3 Å². The molecular weight excluding hydrogens is 435 g/mol. The van der Waals surface area contributed by atoms with Crippen LogP contribution in [0.1, 0.15) is 16.7 Å². The topological polar surface area (TPSA) is 50.7 Å². The predicted octanol–water partition coefficient (Wildman–Crippen LogP) is 6.26. The van der Waals surface area contributed by atoms with Gasteiger partial charge in [0.15, 0.2) is 5.17 Å². The Kier molecular flexibility index (Phi) is 6.39. The molecule has 0 saturated carbocycles. The van der Waals surface area contributed by atoms with Crippen LogP contribution in [-0.2, 0) is 11.4 Å². The molecule has 7 heteroatoms. The molecule has 0 aliphatic carbocycles. The third-order valence-electron chi connectivity index (χ3n) is 4.62. The molecule has 0 unspecified atom stereocenters. The summed E-state index contributed by atoms with van der Waals surface area (Å²) in [5.74, 6) is 0.0621. The lowest BCUT2D eigenvalue weighted by Crippen LogP contribution is -2.19. The Morgan fingerprint density at radius 3 is 2.77 bits per heavy atom. The molecule has 0 aromatic heterocycles. The van der Waals surface area contributed by atoms with Crippen molar-refractivity contribution in [3.8, 4) is 5.75 Å². The predicted molar refractivity (Wildman–Crippen MR) is 124 cm³/mol. The molecule has 4 rings (SSSR count). The van der Waals surface area contributed by atoms with E-state index >= 15 is 0 Å². The van der Waals surface area contributed by atoms with Gasteiger partial charge in [0, 0.05) is 10.6 Å². The van der Waals surface area contributed by atoms with Gasteiger partial charge in [-0.1, -0.05) is 48.0 Å². The maximum atomic E-state index is 13.8. The van der Waals surface area contributed by atoms with Crippen molar-refractivity contribution in [3.05, 3.63) is 99.2 Å². The second kappa shape index (κ2) is 9.37. The van der Waals surface area contributed by atoms with Gasteiger partial charge in [-0.3, -0.25) is 4.79 Å². The van der Waals surface area contributed by atoms with Gasteiger partial charge in [0.05, 0.1) is 10.6 Å². The molecule has 1 heterocycles. The summed E-state index contributed by atoms with van der Waals surface area (Å²) in [7, 11) is 0. The first-order chi connectivity index (χ1) is 15.0. The van der Waals surface area contributed by atoms with Crippen LogP contribution in [0.5, 0.6) is 5.75 Å². The number of halogens is 2. The van der Waals surface area contributed by atoms with E-state index in [-0.39, 0.29) is 18.3 Å². The minimum Gasteiger partial charge on any atom is -0.489 e. The lowest BCUT2D eigenvalue weighted by molar-refractivity contribution is -0.115. The van der Waals surface area contributed by atoms with Gasteiger partial charge >= 0.3 is 0 Å². The molecule has 0 radical (unpaired) electrons. The zero-order valence-electron chi connectivity index (χ0n) is 16.6. The number of ether oxygens (including phenoxy) is 1. The zero-order chi connectivity index (χ0) is 21.8. The largest absolute Gasteiger partial charge is 0.489 e. The van der Waals surface area contributed by atoms with Crippen molar-refractivity contribution in [3.63, 3.8) is 0 Å². The SMILES string of the molecule is Cc1c(Cl)cccc1N=C1NC(=O)/C(=C\c2cccc(OCc3ccccc3F)c2)S1. The molecule has 3 aromatic rings. The summed E-state index contributed by atoms with van der Waals surface area (Å²) in [6.07, 6.45) is 1.77. The average molecular weight is 453 g/mol. The molecule has 0 atom stereocenters. The van der Waals surface area contributed by atoms with Gasteiger partial charge in [-0.15, -0.1) is 0 Å². The Labute approximate surface area is 188 Å². The Morgan fingerprint density at radius 2 is 1.94 bits per heavy atom. The number of thioether (sulfide) groups is 1. The molecule has 156 valence electrons. The van der Waals surface area contributed by atoms with Gasteiger partial charge < -0.3 is 10.1 Å². The first-order valence-electron chi connectivity index (χ1n) is 9.50. The molecule has 4 nitrogen and oxygen atoms in total. The monoisotopic (exact) mass is 452 g/mol. The Bertz CT molecular complexity index is 1210. The number of hydrogen-bond donors (Lipinski definition) is 1. The fourth-order valence-electron chi connectivity index (χ4n) is 2.93. The zero-order valence-corrected chi connectivity index (χ0v) is 18.1. The van der Waals surface area contributed by atoms with Crippen molar-refractivity contribution in [2.75, 3.05) is 0 Å². The molecule has 1 fully saturated rings. The van der Waals surface area contributed by atoms with E-state index in [2.05, 4.69) is 10.3 Å². The standard InChI is InChI=1S/C24H18ClFN2O2S/c1-15-19(25)9-5-11-21(15)27-24-28-23(29)22(31-24)13-16-6-4-8-18(12-16)30-14-17-7-2-3-10-20(17)26/h2-13H,14H2,1H3,(H,27,28,29)/b22-13+. The lowest BCUT2D eigenvalue weighted by Gasteiger charge is -2.08. The smallest absolute Gasteiger partial charge is 0.264 e. The molecule has 31 heavy (non-hydrogen) atoms. The maximum Gasteiger partial charge on any atom is 0.264 e. The van der Waals surface area contributed by atoms with Crippen LogP contribution in [0.15, 0.2) is 76.6 Å². The summed E-state index contributed by atoms with van der Waals surface area (Å²) < 4.78 is 19.5. The molecule has 1 N–H and O–H groups in total. The van der Waals surface area contributed by atoms with Crippen LogP contribution in [0, 0.1) is 12.7 Å². The van der Waals surface area contributed by atoms with Crippen molar-refractivity contribution in [1.29, 1.82) is 0 Å².